The Bertz CT molecular complexity index is 212. The summed E-state index contributed by atoms with van der Waals surface area (Å²) in [5.74, 6) is 1.05. The van der Waals surface area contributed by atoms with Gasteiger partial charge in [0.2, 0.25) is 0 Å². The van der Waals surface area contributed by atoms with E-state index in [4.69, 9.17) is 4.74 Å². The predicted molar refractivity (Wildman–Crippen MR) is 69.9 cm³/mol. The minimum atomic E-state index is -0.00588. The first kappa shape index (κ1) is 14.5. The monoisotopic (exact) mass is 241 g/mol. The second-order valence-electron chi connectivity index (χ2n) is 5.16. The van der Waals surface area contributed by atoms with Crippen LogP contribution in [0.15, 0.2) is 0 Å². The van der Waals surface area contributed by atoms with Gasteiger partial charge in [0.1, 0.15) is 0 Å². The summed E-state index contributed by atoms with van der Waals surface area (Å²) in [6, 6.07) is 0. The zero-order valence-electron chi connectivity index (χ0n) is 11.3. The van der Waals surface area contributed by atoms with Crippen molar-refractivity contribution in [2.75, 3.05) is 19.7 Å². The number of carbonyl (C=O) groups excluding carboxylic acids is 1. The molecule has 17 heavy (non-hydrogen) atoms. The van der Waals surface area contributed by atoms with E-state index in [2.05, 4.69) is 19.2 Å². The molecule has 0 radical (unpaired) electrons. The minimum Gasteiger partial charge on any atom is -0.465 e. The molecular weight excluding hydrogens is 214 g/mol. The highest BCUT2D eigenvalue weighted by molar-refractivity contribution is 5.69. The van der Waals surface area contributed by atoms with Gasteiger partial charge < -0.3 is 10.1 Å². The third-order valence-corrected chi connectivity index (χ3v) is 3.64. The average Bonchev–Trinajstić information content (AvgIpc) is 2.82. The molecule has 1 N–H and O–H groups in total. The van der Waals surface area contributed by atoms with Crippen LogP contribution in [-0.4, -0.2) is 25.7 Å². The number of nitrogens with one attached hydrogen (secondary N) is 1. The van der Waals surface area contributed by atoms with Gasteiger partial charge in [0.05, 0.1) is 6.61 Å². The normalized spacial score (nSPS) is 21.4. The third kappa shape index (κ3) is 6.06. The van der Waals surface area contributed by atoms with Crippen LogP contribution in [-0.2, 0) is 9.53 Å². The van der Waals surface area contributed by atoms with E-state index in [1.54, 1.807) is 0 Å². The van der Waals surface area contributed by atoms with Crippen LogP contribution >= 0.6 is 0 Å². The van der Waals surface area contributed by atoms with Crippen molar-refractivity contribution in [3.63, 3.8) is 0 Å². The van der Waals surface area contributed by atoms with Crippen molar-refractivity contribution >= 4 is 5.97 Å². The second kappa shape index (κ2) is 8.51. The summed E-state index contributed by atoms with van der Waals surface area (Å²) in [4.78, 5) is 11.6. The van der Waals surface area contributed by atoms with E-state index in [1.807, 2.05) is 0 Å². The first-order chi connectivity index (χ1) is 8.26. The van der Waals surface area contributed by atoms with E-state index in [0.717, 1.165) is 25.9 Å². The molecule has 1 fully saturated rings. The van der Waals surface area contributed by atoms with Crippen molar-refractivity contribution in [3.8, 4) is 0 Å². The van der Waals surface area contributed by atoms with Gasteiger partial charge in [0.15, 0.2) is 0 Å². The quantitative estimate of drug-likeness (QED) is 0.664. The number of rotatable bonds is 8. The maximum absolute atomic E-state index is 11.6. The van der Waals surface area contributed by atoms with E-state index in [-0.39, 0.29) is 5.97 Å². The molecule has 100 valence electrons. The van der Waals surface area contributed by atoms with Gasteiger partial charge in [-0.2, -0.15) is 0 Å². The standard InChI is InChI=1S/C14H27NO2/c1-3-5-6-12(4-2)11-17-14(16)9-13-7-8-15-10-13/h12-13,15H,3-11H2,1-2H3. The molecule has 0 aliphatic carbocycles. The molecule has 1 saturated heterocycles. The Kier molecular flexibility index (Phi) is 7.25. The summed E-state index contributed by atoms with van der Waals surface area (Å²) in [5, 5.41) is 3.27. The number of carbonyl (C=O) groups is 1. The van der Waals surface area contributed by atoms with Crippen LogP contribution in [0.2, 0.25) is 0 Å². The Morgan fingerprint density at radius 1 is 1.47 bits per heavy atom. The van der Waals surface area contributed by atoms with Crippen LogP contribution in [0.25, 0.3) is 0 Å². The highest BCUT2D eigenvalue weighted by Crippen LogP contribution is 2.16. The molecule has 0 saturated carbocycles. The molecule has 0 amide bonds. The summed E-state index contributed by atoms with van der Waals surface area (Å²) in [6.45, 7) is 7.02. The zero-order valence-corrected chi connectivity index (χ0v) is 11.3. The fourth-order valence-corrected chi connectivity index (χ4v) is 2.29. The third-order valence-electron chi connectivity index (χ3n) is 3.64. The maximum atomic E-state index is 11.6. The summed E-state index contributed by atoms with van der Waals surface area (Å²) >= 11 is 0. The number of hydrogen-bond acceptors (Lipinski definition) is 3. The van der Waals surface area contributed by atoms with E-state index in [1.165, 1.54) is 19.3 Å². The summed E-state index contributed by atoms with van der Waals surface area (Å²) in [6.07, 6.45) is 6.46. The molecule has 1 aliphatic rings. The number of esters is 1. The van der Waals surface area contributed by atoms with Gasteiger partial charge in [-0.15, -0.1) is 0 Å². The lowest BCUT2D eigenvalue weighted by molar-refractivity contribution is -0.146. The Labute approximate surface area is 105 Å². The Hall–Kier alpha value is -0.570. The van der Waals surface area contributed by atoms with Crippen molar-refractivity contribution in [1.29, 1.82) is 0 Å². The maximum Gasteiger partial charge on any atom is 0.306 e. The van der Waals surface area contributed by atoms with Crippen LogP contribution in [0.5, 0.6) is 0 Å². The van der Waals surface area contributed by atoms with E-state index in [0.29, 0.717) is 24.9 Å². The summed E-state index contributed by atoms with van der Waals surface area (Å²) < 4.78 is 5.39. The fraction of sp³-hybridized carbons (Fsp3) is 0.929. The van der Waals surface area contributed by atoms with Crippen molar-refractivity contribution < 1.29 is 9.53 Å². The summed E-state index contributed by atoms with van der Waals surface area (Å²) in [7, 11) is 0. The largest absolute Gasteiger partial charge is 0.465 e. The van der Waals surface area contributed by atoms with E-state index >= 15 is 0 Å². The molecule has 1 heterocycles. The molecule has 2 unspecified atom stereocenters. The van der Waals surface area contributed by atoms with Gasteiger partial charge in [0.25, 0.3) is 0 Å². The van der Waals surface area contributed by atoms with Gasteiger partial charge in [-0.05, 0) is 37.8 Å². The lowest BCUT2D eigenvalue weighted by Crippen LogP contribution is -2.18. The highest BCUT2D eigenvalue weighted by Gasteiger charge is 2.19. The molecule has 0 spiro atoms. The predicted octanol–water partition coefficient (Wildman–Crippen LogP) is 2.75. The molecule has 0 aromatic carbocycles. The fourth-order valence-electron chi connectivity index (χ4n) is 2.29. The van der Waals surface area contributed by atoms with E-state index in [9.17, 15) is 4.79 Å². The first-order valence-electron chi connectivity index (χ1n) is 7.12. The molecule has 0 bridgehead atoms. The SMILES string of the molecule is CCCCC(CC)COC(=O)CC1CCNC1. The van der Waals surface area contributed by atoms with Crippen LogP contribution < -0.4 is 5.32 Å². The highest BCUT2D eigenvalue weighted by atomic mass is 16.5. The topological polar surface area (TPSA) is 38.3 Å². The molecule has 1 aliphatic heterocycles. The number of ether oxygens (including phenoxy) is 1. The zero-order chi connectivity index (χ0) is 12.5. The van der Waals surface area contributed by atoms with E-state index < -0.39 is 0 Å². The van der Waals surface area contributed by atoms with Gasteiger partial charge in [0, 0.05) is 6.42 Å². The number of hydrogen-bond donors (Lipinski definition) is 1. The average molecular weight is 241 g/mol. The first-order valence-corrected chi connectivity index (χ1v) is 7.12. The molecular formula is C14H27NO2. The molecule has 1 rings (SSSR count). The van der Waals surface area contributed by atoms with Crippen LogP contribution in [0.1, 0.15) is 52.4 Å². The van der Waals surface area contributed by atoms with Crippen molar-refractivity contribution in [3.05, 3.63) is 0 Å². The van der Waals surface area contributed by atoms with Crippen molar-refractivity contribution in [2.45, 2.75) is 52.4 Å². The van der Waals surface area contributed by atoms with Crippen molar-refractivity contribution in [1.82, 2.24) is 5.32 Å². The van der Waals surface area contributed by atoms with Gasteiger partial charge >= 0.3 is 5.97 Å². The smallest absolute Gasteiger partial charge is 0.306 e. The van der Waals surface area contributed by atoms with Crippen LogP contribution in [0, 0.1) is 11.8 Å². The van der Waals surface area contributed by atoms with Crippen LogP contribution in [0.4, 0.5) is 0 Å². The second-order valence-corrected chi connectivity index (χ2v) is 5.16. The minimum absolute atomic E-state index is 0.00588. The number of unbranched alkanes of at least 4 members (excludes halogenated alkanes) is 1. The van der Waals surface area contributed by atoms with Crippen LogP contribution in [0.3, 0.4) is 0 Å². The van der Waals surface area contributed by atoms with Gasteiger partial charge in [-0.1, -0.05) is 33.1 Å². The van der Waals surface area contributed by atoms with Gasteiger partial charge in [-0.3, -0.25) is 4.79 Å². The Balaban J connectivity index is 2.12. The lowest BCUT2D eigenvalue weighted by Gasteiger charge is -2.15. The molecule has 2 atom stereocenters. The lowest BCUT2D eigenvalue weighted by atomic mass is 10.0. The summed E-state index contributed by atoms with van der Waals surface area (Å²) in [5.41, 5.74) is 0. The molecule has 0 aromatic rings. The van der Waals surface area contributed by atoms with Gasteiger partial charge in [-0.25, -0.2) is 0 Å². The molecule has 0 aromatic heterocycles. The molecule has 3 heteroatoms. The Morgan fingerprint density at radius 2 is 2.29 bits per heavy atom. The molecule has 3 nitrogen and oxygen atoms in total. The van der Waals surface area contributed by atoms with Crippen molar-refractivity contribution in [2.24, 2.45) is 11.8 Å². The Morgan fingerprint density at radius 3 is 2.88 bits per heavy atom.